The fourth-order valence-electron chi connectivity index (χ4n) is 2.76. The average Bonchev–Trinajstić information content (AvgIpc) is 2.66. The van der Waals surface area contributed by atoms with Gasteiger partial charge in [0, 0.05) is 19.6 Å². The van der Waals surface area contributed by atoms with Gasteiger partial charge in [0.05, 0.1) is 38.8 Å². The van der Waals surface area contributed by atoms with Gasteiger partial charge < -0.3 is 18.1 Å². The van der Waals surface area contributed by atoms with Gasteiger partial charge in [0.25, 0.3) is 0 Å². The van der Waals surface area contributed by atoms with Crippen LogP contribution in [0.5, 0.6) is 0 Å². The molecule has 0 bridgehead atoms. The van der Waals surface area contributed by atoms with Crippen LogP contribution in [0, 0.1) is 0 Å². The van der Waals surface area contributed by atoms with Crippen molar-refractivity contribution in [2.75, 3.05) is 51.8 Å². The van der Waals surface area contributed by atoms with Gasteiger partial charge in [-0.25, -0.2) is 0 Å². The highest BCUT2D eigenvalue weighted by atomic mass is 31.2. The molecule has 0 N–H and O–H groups in total. The largest absolute Gasteiger partial charge is 0.331 e. The first kappa shape index (κ1) is 25.5. The van der Waals surface area contributed by atoms with Crippen LogP contribution in [0.1, 0.15) is 33.3 Å². The third kappa shape index (κ3) is 9.80. The van der Waals surface area contributed by atoms with Gasteiger partial charge in [0.15, 0.2) is 0 Å². The minimum Gasteiger partial charge on any atom is -0.309 e. The lowest BCUT2D eigenvalue weighted by atomic mass is 10.2. The number of nitrogens with zero attached hydrogens (tertiary/aromatic N) is 1. The molecule has 0 unspecified atom stereocenters. The normalized spacial score (nSPS) is 12.6. The van der Waals surface area contributed by atoms with Crippen molar-refractivity contribution in [3.05, 3.63) is 35.9 Å². The Bertz CT molecular complexity index is 574. The lowest BCUT2D eigenvalue weighted by Gasteiger charge is -2.26. The maximum atomic E-state index is 12.8. The summed E-state index contributed by atoms with van der Waals surface area (Å²) in [5.41, 5.74) is 1.12. The smallest absolute Gasteiger partial charge is 0.309 e. The highest BCUT2D eigenvalue weighted by Gasteiger charge is 2.27. The average molecular weight is 435 g/mol. The van der Waals surface area contributed by atoms with E-state index in [4.69, 9.17) is 18.1 Å². The van der Waals surface area contributed by atoms with Crippen LogP contribution in [0.25, 0.3) is 0 Å². The van der Waals surface area contributed by atoms with E-state index in [1.807, 2.05) is 30.3 Å². The Morgan fingerprint density at radius 3 is 1.46 bits per heavy atom. The van der Waals surface area contributed by atoms with E-state index in [0.29, 0.717) is 46.1 Å². The van der Waals surface area contributed by atoms with E-state index < -0.39 is 15.2 Å². The maximum absolute atomic E-state index is 12.8. The molecule has 28 heavy (non-hydrogen) atoms. The number of hydrogen-bond donors (Lipinski definition) is 0. The summed E-state index contributed by atoms with van der Waals surface area (Å²) in [6.07, 6.45) is 0.546. The van der Waals surface area contributed by atoms with E-state index in [2.05, 4.69) is 4.90 Å². The summed E-state index contributed by atoms with van der Waals surface area (Å²) in [4.78, 5) is 2.09. The van der Waals surface area contributed by atoms with E-state index >= 15 is 0 Å². The maximum Gasteiger partial charge on any atom is 0.331 e. The minimum absolute atomic E-state index is 0.273. The molecule has 0 radical (unpaired) electrons. The predicted octanol–water partition coefficient (Wildman–Crippen LogP) is 5.02. The van der Waals surface area contributed by atoms with Crippen LogP contribution in [0.15, 0.2) is 30.3 Å². The zero-order valence-corrected chi connectivity index (χ0v) is 19.3. The predicted molar refractivity (Wildman–Crippen MR) is 113 cm³/mol. The van der Waals surface area contributed by atoms with Crippen LogP contribution in [0.3, 0.4) is 0 Å². The molecule has 162 valence electrons. The third-order valence-electron chi connectivity index (χ3n) is 3.93. The summed E-state index contributed by atoms with van der Waals surface area (Å²) in [6, 6.07) is 9.98. The first-order chi connectivity index (χ1) is 13.4. The van der Waals surface area contributed by atoms with Crippen LogP contribution in [-0.2, 0) is 33.8 Å². The standard InChI is InChI=1S/C19H35NO6P2/c1-5-23-27(21,24-6-2)16-14-20(18-19-12-10-9-11-13-19)15-17-28(22,25-7-3)26-8-4/h9-13H,5-8,14-18H2,1-4H3. The molecule has 1 aromatic rings. The minimum atomic E-state index is -3.14. The fourth-order valence-corrected chi connectivity index (χ4v) is 6.05. The summed E-state index contributed by atoms with van der Waals surface area (Å²) < 4.78 is 47.2. The quantitative estimate of drug-likeness (QED) is 0.338. The molecule has 0 spiro atoms. The van der Waals surface area contributed by atoms with Crippen LogP contribution < -0.4 is 0 Å². The molecule has 0 aliphatic carbocycles. The summed E-state index contributed by atoms with van der Waals surface area (Å²) in [6.45, 7) is 10.1. The lowest BCUT2D eigenvalue weighted by molar-refractivity contribution is 0.205. The highest BCUT2D eigenvalue weighted by Crippen LogP contribution is 2.49. The van der Waals surface area contributed by atoms with Crippen LogP contribution >= 0.6 is 15.2 Å². The Kier molecular flexibility index (Phi) is 12.4. The second-order valence-corrected chi connectivity index (χ2v) is 10.5. The highest BCUT2D eigenvalue weighted by molar-refractivity contribution is 7.54. The summed E-state index contributed by atoms with van der Waals surface area (Å²) in [5, 5.41) is 0. The van der Waals surface area contributed by atoms with Gasteiger partial charge in [-0.15, -0.1) is 0 Å². The molecule has 0 heterocycles. The van der Waals surface area contributed by atoms with E-state index in [-0.39, 0.29) is 12.3 Å². The molecular formula is C19H35NO6P2. The first-order valence-corrected chi connectivity index (χ1v) is 13.4. The molecule has 7 nitrogen and oxygen atoms in total. The Hall–Kier alpha value is -0.520. The Morgan fingerprint density at radius 1 is 0.714 bits per heavy atom. The Balaban J connectivity index is 2.83. The van der Waals surface area contributed by atoms with Gasteiger partial charge in [0.2, 0.25) is 0 Å². The molecule has 9 heteroatoms. The SMILES string of the molecule is CCOP(=O)(CCN(CCP(=O)(OCC)OCC)Cc1ccccc1)OCC. The molecule has 1 aromatic carbocycles. The zero-order chi connectivity index (χ0) is 20.9. The van der Waals surface area contributed by atoms with Crippen molar-refractivity contribution in [3.8, 4) is 0 Å². The van der Waals surface area contributed by atoms with E-state index in [1.54, 1.807) is 27.7 Å². The molecule has 0 fully saturated rings. The molecule has 1 rings (SSSR count). The molecule has 0 saturated heterocycles. The van der Waals surface area contributed by atoms with Gasteiger partial charge in [0.1, 0.15) is 0 Å². The van der Waals surface area contributed by atoms with Crippen molar-refractivity contribution in [2.24, 2.45) is 0 Å². The molecule has 0 aromatic heterocycles. The number of benzene rings is 1. The topological polar surface area (TPSA) is 74.3 Å². The summed E-state index contributed by atoms with van der Waals surface area (Å²) in [5.74, 6) is 0. The second kappa shape index (κ2) is 13.7. The summed E-state index contributed by atoms with van der Waals surface area (Å²) >= 11 is 0. The fraction of sp³-hybridized carbons (Fsp3) is 0.684. The summed E-state index contributed by atoms with van der Waals surface area (Å²) in [7, 11) is -6.28. The molecular weight excluding hydrogens is 400 g/mol. The molecule has 0 atom stereocenters. The Morgan fingerprint density at radius 2 is 1.11 bits per heavy atom. The molecule has 0 aliphatic heterocycles. The van der Waals surface area contributed by atoms with Gasteiger partial charge in [-0.3, -0.25) is 14.0 Å². The zero-order valence-electron chi connectivity index (χ0n) is 17.5. The Labute approximate surface area is 169 Å². The van der Waals surface area contributed by atoms with Crippen molar-refractivity contribution < 1.29 is 27.2 Å². The van der Waals surface area contributed by atoms with Crippen molar-refractivity contribution >= 4 is 15.2 Å². The first-order valence-electron chi connectivity index (χ1n) is 9.92. The van der Waals surface area contributed by atoms with E-state index in [0.717, 1.165) is 5.56 Å². The van der Waals surface area contributed by atoms with Crippen molar-refractivity contribution in [1.82, 2.24) is 4.90 Å². The van der Waals surface area contributed by atoms with Crippen molar-refractivity contribution in [3.63, 3.8) is 0 Å². The van der Waals surface area contributed by atoms with Gasteiger partial charge in [-0.1, -0.05) is 30.3 Å². The van der Waals surface area contributed by atoms with E-state index in [1.165, 1.54) is 0 Å². The third-order valence-corrected chi connectivity index (χ3v) is 8.03. The van der Waals surface area contributed by atoms with Crippen LogP contribution in [0.2, 0.25) is 0 Å². The second-order valence-electron chi connectivity index (χ2n) is 6.10. The molecule has 0 aliphatic rings. The number of hydrogen-bond acceptors (Lipinski definition) is 7. The lowest BCUT2D eigenvalue weighted by Crippen LogP contribution is -2.30. The van der Waals surface area contributed by atoms with Gasteiger partial charge in [-0.2, -0.15) is 0 Å². The van der Waals surface area contributed by atoms with Crippen LogP contribution in [-0.4, -0.2) is 56.7 Å². The monoisotopic (exact) mass is 435 g/mol. The van der Waals surface area contributed by atoms with Gasteiger partial charge in [-0.05, 0) is 33.3 Å². The van der Waals surface area contributed by atoms with Gasteiger partial charge >= 0.3 is 15.2 Å². The van der Waals surface area contributed by atoms with E-state index in [9.17, 15) is 9.13 Å². The molecule has 0 amide bonds. The molecule has 0 saturated carbocycles. The van der Waals surface area contributed by atoms with Crippen LogP contribution in [0.4, 0.5) is 0 Å². The number of rotatable bonds is 16. The van der Waals surface area contributed by atoms with Crippen molar-refractivity contribution in [2.45, 2.75) is 34.2 Å². The van der Waals surface area contributed by atoms with Crippen molar-refractivity contribution in [1.29, 1.82) is 0 Å².